The molecule has 6 heteroatoms. The molecule has 0 aliphatic rings. The van der Waals surface area contributed by atoms with Crippen molar-refractivity contribution < 1.29 is 9.66 Å². The van der Waals surface area contributed by atoms with Gasteiger partial charge < -0.3 is 4.74 Å². The van der Waals surface area contributed by atoms with Crippen LogP contribution in [0, 0.1) is 10.1 Å². The first-order chi connectivity index (χ1) is 11.2. The molecule has 0 atom stereocenters. The van der Waals surface area contributed by atoms with Gasteiger partial charge in [-0.15, -0.1) is 0 Å². The normalized spacial score (nSPS) is 10.3. The van der Waals surface area contributed by atoms with Crippen LogP contribution in [0.1, 0.15) is 0 Å². The number of aromatic nitrogens is 1. The number of hydrogen-bond donors (Lipinski definition) is 0. The number of nitrogens with zero attached hydrogens (tertiary/aromatic N) is 2. The van der Waals surface area contributed by atoms with Crippen LogP contribution in [0.4, 0.5) is 5.69 Å². The lowest BCUT2D eigenvalue weighted by Crippen LogP contribution is -1.91. The van der Waals surface area contributed by atoms with Gasteiger partial charge in [0.15, 0.2) is 0 Å². The third kappa shape index (κ3) is 4.08. The first kappa shape index (κ1) is 15.1. The molecule has 23 heavy (non-hydrogen) atoms. The Balaban J connectivity index is 1.91. The fourth-order valence-corrected chi connectivity index (χ4v) is 2.87. The topological polar surface area (TPSA) is 65.3 Å². The van der Waals surface area contributed by atoms with Crippen LogP contribution in [0.3, 0.4) is 0 Å². The predicted molar refractivity (Wildman–Crippen MR) is 88.0 cm³/mol. The minimum atomic E-state index is -0.425. The minimum Gasteiger partial charge on any atom is -0.455 e. The summed E-state index contributed by atoms with van der Waals surface area (Å²) in [7, 11) is 0. The van der Waals surface area contributed by atoms with Gasteiger partial charge >= 0.3 is 0 Å². The Morgan fingerprint density at radius 2 is 1.78 bits per heavy atom. The van der Waals surface area contributed by atoms with Crippen LogP contribution in [-0.2, 0) is 0 Å². The van der Waals surface area contributed by atoms with E-state index in [-0.39, 0.29) is 5.69 Å². The smallest absolute Gasteiger partial charge is 0.274 e. The Hall–Kier alpha value is -2.86. The number of nitro benzene ring substituents is 1. The van der Waals surface area contributed by atoms with Gasteiger partial charge in [0.05, 0.1) is 17.2 Å². The maximum Gasteiger partial charge on any atom is 0.274 e. The highest BCUT2D eigenvalue weighted by molar-refractivity contribution is 7.99. The molecule has 0 radical (unpaired) electrons. The molecule has 0 unspecified atom stereocenters. The van der Waals surface area contributed by atoms with Crippen molar-refractivity contribution in [3.05, 3.63) is 83.2 Å². The van der Waals surface area contributed by atoms with Crippen molar-refractivity contribution >= 4 is 17.4 Å². The molecule has 0 amide bonds. The summed E-state index contributed by atoms with van der Waals surface area (Å²) in [5.74, 6) is 0.939. The standard InChI is InChI=1S/C17H12N2O3S/c20-19(21)13-9-15(22-14-5-4-8-18-12-14)11-17(10-13)23-16-6-2-1-3-7-16/h1-12H. The average Bonchev–Trinajstić information content (AvgIpc) is 2.56. The van der Waals surface area contributed by atoms with E-state index in [4.69, 9.17) is 4.74 Å². The second-order valence-corrected chi connectivity index (χ2v) is 5.77. The summed E-state index contributed by atoms with van der Waals surface area (Å²) >= 11 is 1.44. The van der Waals surface area contributed by atoms with Gasteiger partial charge in [-0.25, -0.2) is 0 Å². The SMILES string of the molecule is O=[N+]([O-])c1cc(Oc2cccnc2)cc(Sc2ccccc2)c1. The fraction of sp³-hybridized carbons (Fsp3) is 0. The van der Waals surface area contributed by atoms with Crippen LogP contribution in [0.25, 0.3) is 0 Å². The van der Waals surface area contributed by atoms with Crippen molar-refractivity contribution in [1.82, 2.24) is 4.98 Å². The molecular weight excluding hydrogens is 312 g/mol. The van der Waals surface area contributed by atoms with Crippen molar-refractivity contribution in [2.24, 2.45) is 0 Å². The highest BCUT2D eigenvalue weighted by atomic mass is 32.2. The molecule has 114 valence electrons. The zero-order chi connectivity index (χ0) is 16.1. The molecule has 0 aliphatic heterocycles. The summed E-state index contributed by atoms with van der Waals surface area (Å²) in [4.78, 5) is 16.4. The van der Waals surface area contributed by atoms with E-state index in [1.54, 1.807) is 30.6 Å². The summed E-state index contributed by atoms with van der Waals surface area (Å²) in [6, 6.07) is 17.9. The van der Waals surface area contributed by atoms with Crippen molar-refractivity contribution in [3.63, 3.8) is 0 Å². The molecule has 0 aliphatic carbocycles. The molecule has 2 aromatic carbocycles. The molecule has 3 aromatic rings. The molecule has 3 rings (SSSR count). The molecule has 0 N–H and O–H groups in total. The van der Waals surface area contributed by atoms with Gasteiger partial charge in [-0.2, -0.15) is 0 Å². The highest BCUT2D eigenvalue weighted by Gasteiger charge is 2.12. The number of pyridine rings is 1. The van der Waals surface area contributed by atoms with Crippen molar-refractivity contribution in [2.75, 3.05) is 0 Å². The Labute approximate surface area is 137 Å². The molecular formula is C17H12N2O3S. The van der Waals surface area contributed by atoms with E-state index in [0.717, 1.165) is 9.79 Å². The van der Waals surface area contributed by atoms with Crippen LogP contribution < -0.4 is 4.74 Å². The third-order valence-corrected chi connectivity index (χ3v) is 3.90. The number of rotatable bonds is 5. The fourth-order valence-electron chi connectivity index (χ4n) is 1.95. The summed E-state index contributed by atoms with van der Waals surface area (Å²) in [6.07, 6.45) is 3.19. The van der Waals surface area contributed by atoms with Gasteiger partial charge in [0.25, 0.3) is 5.69 Å². The number of hydrogen-bond acceptors (Lipinski definition) is 5. The van der Waals surface area contributed by atoms with Gasteiger partial charge in [0, 0.05) is 22.1 Å². The molecule has 0 spiro atoms. The first-order valence-corrected chi connectivity index (χ1v) is 7.62. The number of nitro groups is 1. The number of benzene rings is 2. The number of non-ortho nitro benzene ring substituents is 1. The minimum absolute atomic E-state index is 0.00942. The summed E-state index contributed by atoms with van der Waals surface area (Å²) in [6.45, 7) is 0. The second kappa shape index (κ2) is 6.93. The van der Waals surface area contributed by atoms with Crippen molar-refractivity contribution in [3.8, 4) is 11.5 Å². The second-order valence-electron chi connectivity index (χ2n) is 4.63. The molecule has 0 bridgehead atoms. The Morgan fingerprint density at radius 3 is 2.48 bits per heavy atom. The zero-order valence-corrected chi connectivity index (χ0v) is 12.8. The Kier molecular flexibility index (Phi) is 4.54. The van der Waals surface area contributed by atoms with Gasteiger partial charge in [0.1, 0.15) is 11.5 Å². The number of ether oxygens (including phenoxy) is 1. The van der Waals surface area contributed by atoms with E-state index < -0.39 is 4.92 Å². The van der Waals surface area contributed by atoms with E-state index in [0.29, 0.717) is 11.5 Å². The monoisotopic (exact) mass is 324 g/mol. The van der Waals surface area contributed by atoms with Crippen LogP contribution in [0.15, 0.2) is 82.8 Å². The lowest BCUT2D eigenvalue weighted by atomic mass is 10.3. The van der Waals surface area contributed by atoms with Crippen molar-refractivity contribution in [2.45, 2.75) is 9.79 Å². The predicted octanol–water partition coefficient (Wildman–Crippen LogP) is 4.93. The maximum absolute atomic E-state index is 11.1. The maximum atomic E-state index is 11.1. The zero-order valence-electron chi connectivity index (χ0n) is 12.0. The van der Waals surface area contributed by atoms with Gasteiger partial charge in [0.2, 0.25) is 0 Å². The lowest BCUT2D eigenvalue weighted by Gasteiger charge is -2.08. The Morgan fingerprint density at radius 1 is 0.957 bits per heavy atom. The van der Waals surface area contributed by atoms with Crippen LogP contribution >= 0.6 is 11.8 Å². The summed E-state index contributed by atoms with van der Waals surface area (Å²) < 4.78 is 5.67. The van der Waals surface area contributed by atoms with E-state index >= 15 is 0 Å². The summed E-state index contributed by atoms with van der Waals surface area (Å²) in [5, 5.41) is 11.1. The first-order valence-electron chi connectivity index (χ1n) is 6.81. The molecule has 0 saturated heterocycles. The quantitative estimate of drug-likeness (QED) is 0.491. The lowest BCUT2D eigenvalue weighted by molar-refractivity contribution is -0.385. The average molecular weight is 324 g/mol. The van der Waals surface area contributed by atoms with Gasteiger partial charge in [-0.3, -0.25) is 15.1 Å². The molecule has 1 heterocycles. The largest absolute Gasteiger partial charge is 0.455 e. The third-order valence-electron chi connectivity index (χ3n) is 2.92. The molecule has 1 aromatic heterocycles. The highest BCUT2D eigenvalue weighted by Crippen LogP contribution is 2.35. The van der Waals surface area contributed by atoms with E-state index in [2.05, 4.69) is 4.98 Å². The van der Waals surface area contributed by atoms with E-state index in [1.165, 1.54) is 23.9 Å². The van der Waals surface area contributed by atoms with Crippen LogP contribution in [-0.4, -0.2) is 9.91 Å². The van der Waals surface area contributed by atoms with E-state index in [1.807, 2.05) is 30.3 Å². The van der Waals surface area contributed by atoms with Gasteiger partial charge in [-0.05, 0) is 30.3 Å². The van der Waals surface area contributed by atoms with Crippen LogP contribution in [0.5, 0.6) is 11.5 Å². The molecule has 0 fully saturated rings. The van der Waals surface area contributed by atoms with Crippen molar-refractivity contribution in [1.29, 1.82) is 0 Å². The van der Waals surface area contributed by atoms with E-state index in [9.17, 15) is 10.1 Å². The van der Waals surface area contributed by atoms with Gasteiger partial charge in [-0.1, -0.05) is 30.0 Å². The Bertz CT molecular complexity index is 751. The molecule has 5 nitrogen and oxygen atoms in total. The molecule has 0 saturated carbocycles. The van der Waals surface area contributed by atoms with Crippen LogP contribution in [0.2, 0.25) is 0 Å². The summed E-state index contributed by atoms with van der Waals surface area (Å²) in [5.41, 5.74) is -0.00942.